The third kappa shape index (κ3) is 5.12. The predicted octanol–water partition coefficient (Wildman–Crippen LogP) is 1.98. The van der Waals surface area contributed by atoms with Gasteiger partial charge in [-0.2, -0.15) is 4.98 Å². The van der Waals surface area contributed by atoms with Gasteiger partial charge in [0.15, 0.2) is 5.82 Å². The van der Waals surface area contributed by atoms with Gasteiger partial charge in [0.25, 0.3) is 0 Å². The molecule has 118 valence electrons. The number of carbonyl (C=O) groups excluding carboxylic acids is 1. The molecule has 1 aliphatic rings. The van der Waals surface area contributed by atoms with E-state index in [1.165, 1.54) is 0 Å². The normalized spacial score (nSPS) is 18.9. The predicted molar refractivity (Wildman–Crippen MR) is 77.9 cm³/mol. The average Bonchev–Trinajstić information content (AvgIpc) is 3.07. The minimum atomic E-state index is -0.111. The van der Waals surface area contributed by atoms with Crippen LogP contribution in [0.2, 0.25) is 0 Å². The molecule has 1 aromatic rings. The fraction of sp³-hybridized carbons (Fsp3) is 0.800. The third-order valence-electron chi connectivity index (χ3n) is 3.48. The first kappa shape index (κ1) is 15.9. The van der Waals surface area contributed by atoms with Crippen LogP contribution in [0.4, 0.5) is 0 Å². The van der Waals surface area contributed by atoms with E-state index in [9.17, 15) is 4.79 Å². The summed E-state index contributed by atoms with van der Waals surface area (Å²) in [7, 11) is 0. The maximum atomic E-state index is 11.7. The van der Waals surface area contributed by atoms with Gasteiger partial charge in [0.1, 0.15) is 0 Å². The van der Waals surface area contributed by atoms with Crippen LogP contribution in [0.15, 0.2) is 4.52 Å². The summed E-state index contributed by atoms with van der Waals surface area (Å²) in [5, 5.41) is 6.88. The highest BCUT2D eigenvalue weighted by Crippen LogP contribution is 2.18. The Kier molecular flexibility index (Phi) is 5.33. The highest BCUT2D eigenvalue weighted by Gasteiger charge is 2.21. The molecular formula is C15H25N3O3. The second kappa shape index (κ2) is 7.02. The van der Waals surface area contributed by atoms with E-state index in [1.54, 1.807) is 0 Å². The molecule has 0 aliphatic carbocycles. The molecule has 0 unspecified atom stereocenters. The third-order valence-corrected chi connectivity index (χ3v) is 3.48. The van der Waals surface area contributed by atoms with Crippen molar-refractivity contribution in [2.75, 3.05) is 13.2 Å². The summed E-state index contributed by atoms with van der Waals surface area (Å²) >= 11 is 0. The van der Waals surface area contributed by atoms with Crippen molar-refractivity contribution in [2.45, 2.75) is 64.4 Å². The molecule has 0 bridgehead atoms. The van der Waals surface area contributed by atoms with E-state index in [2.05, 4.69) is 15.5 Å². The van der Waals surface area contributed by atoms with Gasteiger partial charge in [-0.25, -0.2) is 0 Å². The summed E-state index contributed by atoms with van der Waals surface area (Å²) in [4.78, 5) is 16.1. The van der Waals surface area contributed by atoms with Crippen molar-refractivity contribution in [3.8, 4) is 0 Å². The van der Waals surface area contributed by atoms with Crippen molar-refractivity contribution < 1.29 is 14.1 Å². The van der Waals surface area contributed by atoms with Crippen molar-refractivity contribution in [1.82, 2.24) is 15.5 Å². The quantitative estimate of drug-likeness (QED) is 0.868. The SMILES string of the molecule is CC(C)(C)c1noc(CCCC(=O)NC[C@H]2CCCO2)n1. The van der Waals surface area contributed by atoms with Gasteiger partial charge in [-0.3, -0.25) is 4.79 Å². The summed E-state index contributed by atoms with van der Waals surface area (Å²) < 4.78 is 10.7. The molecule has 1 amide bonds. The Morgan fingerprint density at radius 3 is 2.86 bits per heavy atom. The van der Waals surface area contributed by atoms with Gasteiger partial charge in [-0.15, -0.1) is 0 Å². The standard InChI is InChI=1S/C15H25N3O3/c1-15(2,3)14-17-13(21-18-14)8-4-7-12(19)16-10-11-6-5-9-20-11/h11H,4-10H2,1-3H3,(H,16,19)/t11-/m1/s1. The molecule has 1 atom stereocenters. The Bertz CT molecular complexity index is 459. The topological polar surface area (TPSA) is 77.2 Å². The highest BCUT2D eigenvalue weighted by atomic mass is 16.5. The summed E-state index contributed by atoms with van der Waals surface area (Å²) in [6.07, 6.45) is 4.14. The van der Waals surface area contributed by atoms with Crippen molar-refractivity contribution >= 4 is 5.91 Å². The van der Waals surface area contributed by atoms with E-state index in [4.69, 9.17) is 9.26 Å². The second-order valence-electron chi connectivity index (χ2n) is 6.55. The van der Waals surface area contributed by atoms with Crippen molar-refractivity contribution in [3.05, 3.63) is 11.7 Å². The van der Waals surface area contributed by atoms with Gasteiger partial charge in [-0.05, 0) is 19.3 Å². The molecule has 6 heteroatoms. The van der Waals surface area contributed by atoms with Gasteiger partial charge in [0.2, 0.25) is 11.8 Å². The maximum absolute atomic E-state index is 11.7. The van der Waals surface area contributed by atoms with Gasteiger partial charge in [0.05, 0.1) is 6.10 Å². The van der Waals surface area contributed by atoms with E-state index >= 15 is 0 Å². The largest absolute Gasteiger partial charge is 0.376 e. The van der Waals surface area contributed by atoms with E-state index < -0.39 is 0 Å². The number of hydrogen-bond donors (Lipinski definition) is 1. The number of hydrogen-bond acceptors (Lipinski definition) is 5. The molecule has 1 saturated heterocycles. The number of carbonyl (C=O) groups is 1. The fourth-order valence-electron chi connectivity index (χ4n) is 2.18. The van der Waals surface area contributed by atoms with E-state index in [-0.39, 0.29) is 17.4 Å². The molecule has 6 nitrogen and oxygen atoms in total. The zero-order valence-corrected chi connectivity index (χ0v) is 13.1. The number of aromatic nitrogens is 2. The first-order chi connectivity index (χ1) is 9.95. The van der Waals surface area contributed by atoms with Crippen LogP contribution in [0.25, 0.3) is 0 Å². The van der Waals surface area contributed by atoms with Crippen LogP contribution in [0, 0.1) is 0 Å². The molecule has 0 radical (unpaired) electrons. The van der Waals surface area contributed by atoms with E-state index in [1.807, 2.05) is 20.8 Å². The Labute approximate surface area is 125 Å². The molecule has 1 N–H and O–H groups in total. The van der Waals surface area contributed by atoms with Gasteiger partial charge >= 0.3 is 0 Å². The van der Waals surface area contributed by atoms with Crippen LogP contribution < -0.4 is 5.32 Å². The Morgan fingerprint density at radius 2 is 2.24 bits per heavy atom. The smallest absolute Gasteiger partial charge is 0.226 e. The monoisotopic (exact) mass is 295 g/mol. The molecule has 21 heavy (non-hydrogen) atoms. The molecule has 1 aromatic heterocycles. The molecule has 0 spiro atoms. The number of aryl methyl sites for hydroxylation is 1. The number of nitrogens with one attached hydrogen (secondary N) is 1. The lowest BCUT2D eigenvalue weighted by molar-refractivity contribution is -0.121. The first-order valence-corrected chi connectivity index (χ1v) is 7.66. The number of amides is 1. The lowest BCUT2D eigenvalue weighted by Crippen LogP contribution is -2.31. The molecular weight excluding hydrogens is 270 g/mol. The van der Waals surface area contributed by atoms with Gasteiger partial charge in [-0.1, -0.05) is 25.9 Å². The zero-order valence-electron chi connectivity index (χ0n) is 13.1. The molecule has 2 heterocycles. The Balaban J connectivity index is 1.64. The number of nitrogens with zero attached hydrogens (tertiary/aromatic N) is 2. The molecule has 2 rings (SSSR count). The first-order valence-electron chi connectivity index (χ1n) is 7.66. The lowest BCUT2D eigenvalue weighted by Gasteiger charge is -2.11. The van der Waals surface area contributed by atoms with Crippen LogP contribution in [0.1, 0.15) is 58.2 Å². The van der Waals surface area contributed by atoms with E-state index in [0.29, 0.717) is 37.5 Å². The summed E-state index contributed by atoms with van der Waals surface area (Å²) in [5.41, 5.74) is -0.111. The van der Waals surface area contributed by atoms with Crippen LogP contribution in [0.3, 0.4) is 0 Å². The van der Waals surface area contributed by atoms with Gasteiger partial charge in [0, 0.05) is 31.4 Å². The second-order valence-corrected chi connectivity index (χ2v) is 6.55. The molecule has 1 fully saturated rings. The Morgan fingerprint density at radius 1 is 1.43 bits per heavy atom. The van der Waals surface area contributed by atoms with E-state index in [0.717, 1.165) is 19.4 Å². The summed E-state index contributed by atoms with van der Waals surface area (Å²) in [6, 6.07) is 0. The minimum absolute atomic E-state index is 0.0565. The van der Waals surface area contributed by atoms with Crippen LogP contribution in [-0.4, -0.2) is 35.3 Å². The van der Waals surface area contributed by atoms with Crippen LogP contribution >= 0.6 is 0 Å². The minimum Gasteiger partial charge on any atom is -0.376 e. The number of rotatable bonds is 6. The molecule has 0 aromatic carbocycles. The zero-order chi connectivity index (χ0) is 15.3. The lowest BCUT2D eigenvalue weighted by atomic mass is 9.96. The van der Waals surface area contributed by atoms with Crippen molar-refractivity contribution in [1.29, 1.82) is 0 Å². The number of ether oxygens (including phenoxy) is 1. The van der Waals surface area contributed by atoms with Crippen molar-refractivity contribution in [2.24, 2.45) is 0 Å². The van der Waals surface area contributed by atoms with Crippen LogP contribution in [-0.2, 0) is 21.4 Å². The molecule has 1 aliphatic heterocycles. The fourth-order valence-corrected chi connectivity index (χ4v) is 2.18. The Hall–Kier alpha value is -1.43. The summed E-state index contributed by atoms with van der Waals surface area (Å²) in [6.45, 7) is 7.56. The van der Waals surface area contributed by atoms with Crippen molar-refractivity contribution in [3.63, 3.8) is 0 Å². The average molecular weight is 295 g/mol. The van der Waals surface area contributed by atoms with Gasteiger partial charge < -0.3 is 14.6 Å². The van der Waals surface area contributed by atoms with Crippen LogP contribution in [0.5, 0.6) is 0 Å². The molecule has 0 saturated carbocycles. The summed E-state index contributed by atoms with van der Waals surface area (Å²) in [5.74, 6) is 1.37. The highest BCUT2D eigenvalue weighted by molar-refractivity contribution is 5.75. The maximum Gasteiger partial charge on any atom is 0.226 e.